The second-order valence-corrected chi connectivity index (χ2v) is 5.20. The van der Waals surface area contributed by atoms with Crippen LogP contribution in [0, 0.1) is 5.92 Å². The van der Waals surface area contributed by atoms with Crippen molar-refractivity contribution in [1.29, 1.82) is 0 Å². The second kappa shape index (κ2) is 11.3. The smallest absolute Gasteiger partial charge is 0.496 e. The number of ether oxygens (including phenoxy) is 2. The van der Waals surface area contributed by atoms with Gasteiger partial charge in [-0.25, -0.2) is 14.5 Å². The van der Waals surface area contributed by atoms with Crippen molar-refractivity contribution in [2.75, 3.05) is 13.7 Å². The van der Waals surface area contributed by atoms with Gasteiger partial charge in [-0.15, -0.1) is 0 Å². The van der Waals surface area contributed by atoms with E-state index in [9.17, 15) is 9.59 Å². The maximum Gasteiger partial charge on any atom is 0.543 e. The average molecular weight is 340 g/mol. The number of hydrogen-bond donors (Lipinski definition) is 0. The summed E-state index contributed by atoms with van der Waals surface area (Å²) in [6.07, 6.45) is 2.98. The molecule has 134 valence electrons. The normalized spacial score (nSPS) is 11.5. The monoisotopic (exact) mass is 340 g/mol. The van der Waals surface area contributed by atoms with Crippen molar-refractivity contribution < 1.29 is 33.9 Å². The summed E-state index contributed by atoms with van der Waals surface area (Å²) < 4.78 is 9.94. The van der Waals surface area contributed by atoms with Crippen molar-refractivity contribution in [1.82, 2.24) is 0 Å². The van der Waals surface area contributed by atoms with Crippen molar-refractivity contribution in [3.63, 3.8) is 0 Å². The summed E-state index contributed by atoms with van der Waals surface area (Å²) in [5.41, 5.74) is 0.141. The third-order valence-corrected chi connectivity index (χ3v) is 3.52. The standard InChI is InChI=1S/C17H24O7/c1-4-6-9-13(5-2)12-21-17(19)23-24-22-16(18)14-10-7-8-11-15(14)20-3/h7-8,10-11,13H,4-6,9,12H2,1-3H3. The van der Waals surface area contributed by atoms with E-state index in [0.717, 1.165) is 25.7 Å². The Morgan fingerprint density at radius 2 is 1.88 bits per heavy atom. The van der Waals surface area contributed by atoms with Crippen LogP contribution in [0.25, 0.3) is 0 Å². The number of carbonyl (C=O) groups is 2. The SMILES string of the molecule is CCCCC(CC)COC(=O)OOOC(=O)c1ccccc1OC. The minimum absolute atomic E-state index is 0.141. The molecule has 0 aliphatic rings. The van der Waals surface area contributed by atoms with Crippen molar-refractivity contribution in [2.45, 2.75) is 39.5 Å². The van der Waals surface area contributed by atoms with E-state index in [4.69, 9.17) is 9.47 Å². The molecule has 24 heavy (non-hydrogen) atoms. The first-order valence-corrected chi connectivity index (χ1v) is 7.97. The lowest BCUT2D eigenvalue weighted by molar-refractivity contribution is -0.452. The lowest BCUT2D eigenvalue weighted by Crippen LogP contribution is -2.16. The third-order valence-electron chi connectivity index (χ3n) is 3.52. The van der Waals surface area contributed by atoms with Crippen molar-refractivity contribution in [2.24, 2.45) is 5.92 Å². The van der Waals surface area contributed by atoms with Crippen molar-refractivity contribution >= 4 is 12.1 Å². The zero-order valence-electron chi connectivity index (χ0n) is 14.3. The average Bonchev–Trinajstić information content (AvgIpc) is 2.61. The molecule has 7 nitrogen and oxygen atoms in total. The predicted molar refractivity (Wildman–Crippen MR) is 85.2 cm³/mol. The zero-order valence-corrected chi connectivity index (χ0v) is 14.3. The van der Waals surface area contributed by atoms with Gasteiger partial charge < -0.3 is 9.47 Å². The molecule has 0 bridgehead atoms. The van der Waals surface area contributed by atoms with Gasteiger partial charge in [0, 0.05) is 0 Å². The summed E-state index contributed by atoms with van der Waals surface area (Å²) in [5, 5.41) is 4.18. The van der Waals surface area contributed by atoms with E-state index in [-0.39, 0.29) is 18.1 Å². The summed E-state index contributed by atoms with van der Waals surface area (Å²) in [5.74, 6) is -0.265. The molecule has 1 aromatic rings. The molecule has 0 radical (unpaired) electrons. The molecule has 0 saturated carbocycles. The number of carbonyl (C=O) groups excluding carboxylic acids is 2. The molecule has 0 heterocycles. The molecule has 0 fully saturated rings. The molecule has 0 aliphatic carbocycles. The number of rotatable bonds is 10. The van der Waals surface area contributed by atoms with Crippen LogP contribution in [0.1, 0.15) is 49.9 Å². The molecule has 1 atom stereocenters. The first-order chi connectivity index (χ1) is 11.6. The van der Waals surface area contributed by atoms with Gasteiger partial charge in [-0.1, -0.05) is 45.2 Å². The summed E-state index contributed by atoms with van der Waals surface area (Å²) in [6.45, 7) is 4.37. The lowest BCUT2D eigenvalue weighted by Gasteiger charge is -2.13. The van der Waals surface area contributed by atoms with Gasteiger partial charge in [0.1, 0.15) is 11.3 Å². The van der Waals surface area contributed by atoms with Gasteiger partial charge in [0.05, 0.1) is 18.8 Å². The molecule has 7 heteroatoms. The molecule has 1 unspecified atom stereocenters. The van der Waals surface area contributed by atoms with E-state index < -0.39 is 12.1 Å². The van der Waals surface area contributed by atoms with Gasteiger partial charge >= 0.3 is 12.1 Å². The number of hydrogen-bond acceptors (Lipinski definition) is 7. The first-order valence-electron chi connectivity index (χ1n) is 7.97. The fraction of sp³-hybridized carbons (Fsp3) is 0.529. The van der Waals surface area contributed by atoms with Crippen molar-refractivity contribution in [3.05, 3.63) is 29.8 Å². The molecule has 0 amide bonds. The highest BCUT2D eigenvalue weighted by Crippen LogP contribution is 2.18. The van der Waals surface area contributed by atoms with Gasteiger partial charge in [0.25, 0.3) is 0 Å². The van der Waals surface area contributed by atoms with Gasteiger partial charge in [0.2, 0.25) is 0 Å². The Hall–Kier alpha value is -2.28. The highest BCUT2D eigenvalue weighted by molar-refractivity contribution is 5.92. The number of methoxy groups -OCH3 is 1. The van der Waals surface area contributed by atoms with Crippen molar-refractivity contribution in [3.8, 4) is 5.75 Å². The van der Waals surface area contributed by atoms with Gasteiger partial charge in [-0.05, 0) is 24.5 Å². The minimum Gasteiger partial charge on any atom is -0.496 e. The van der Waals surface area contributed by atoms with Crippen LogP contribution < -0.4 is 4.74 Å². The molecule has 1 aromatic carbocycles. The fourth-order valence-corrected chi connectivity index (χ4v) is 2.04. The summed E-state index contributed by atoms with van der Waals surface area (Å²) in [4.78, 5) is 31.8. The number of unbranched alkanes of at least 4 members (excludes halogenated alkanes) is 1. The highest BCUT2D eigenvalue weighted by Gasteiger charge is 2.17. The van der Waals surface area contributed by atoms with E-state index in [0.29, 0.717) is 5.75 Å². The number of benzene rings is 1. The Morgan fingerprint density at radius 1 is 1.12 bits per heavy atom. The largest absolute Gasteiger partial charge is 0.543 e. The summed E-state index contributed by atoms with van der Waals surface area (Å²) in [6, 6.07) is 6.41. The highest BCUT2D eigenvalue weighted by atomic mass is 17.5. The Labute approximate surface area is 141 Å². The third kappa shape index (κ3) is 6.87. The Kier molecular flexibility index (Phi) is 9.29. The second-order valence-electron chi connectivity index (χ2n) is 5.20. The first kappa shape index (κ1) is 19.8. The lowest BCUT2D eigenvalue weighted by atomic mass is 10.0. The Bertz CT molecular complexity index is 515. The molecule has 0 N–H and O–H groups in total. The minimum atomic E-state index is -1.06. The van der Waals surface area contributed by atoms with Crippen LogP contribution in [0.4, 0.5) is 4.79 Å². The van der Waals surface area contributed by atoms with E-state index in [1.165, 1.54) is 13.2 Å². The van der Waals surface area contributed by atoms with E-state index in [1.807, 2.05) is 6.92 Å². The Morgan fingerprint density at radius 3 is 2.54 bits per heavy atom. The molecule has 1 rings (SSSR count). The summed E-state index contributed by atoms with van der Waals surface area (Å²) >= 11 is 0. The Balaban J connectivity index is 2.31. The van der Waals surface area contributed by atoms with E-state index in [2.05, 4.69) is 21.7 Å². The summed E-state index contributed by atoms with van der Waals surface area (Å²) in [7, 11) is 1.42. The fourth-order valence-electron chi connectivity index (χ4n) is 2.04. The number of para-hydroxylation sites is 1. The quantitative estimate of drug-likeness (QED) is 0.361. The van der Waals surface area contributed by atoms with Crippen LogP contribution in [0.2, 0.25) is 0 Å². The topological polar surface area (TPSA) is 80.3 Å². The van der Waals surface area contributed by atoms with E-state index in [1.54, 1.807) is 18.2 Å². The maximum atomic E-state index is 11.8. The van der Waals surface area contributed by atoms with Crippen LogP contribution >= 0.6 is 0 Å². The maximum absolute atomic E-state index is 11.8. The van der Waals surface area contributed by atoms with Crippen LogP contribution in [-0.2, 0) is 19.6 Å². The molecular formula is C17H24O7. The van der Waals surface area contributed by atoms with Crippen LogP contribution in [0.5, 0.6) is 5.75 Å². The molecular weight excluding hydrogens is 316 g/mol. The molecule has 0 saturated heterocycles. The molecule has 0 aromatic heterocycles. The molecule has 0 aliphatic heterocycles. The van der Waals surface area contributed by atoms with Gasteiger partial charge in [0.15, 0.2) is 0 Å². The van der Waals surface area contributed by atoms with Gasteiger partial charge in [-0.3, -0.25) is 4.89 Å². The van der Waals surface area contributed by atoms with Crippen LogP contribution in [-0.4, -0.2) is 25.8 Å². The van der Waals surface area contributed by atoms with Crippen LogP contribution in [0.15, 0.2) is 24.3 Å². The van der Waals surface area contributed by atoms with Crippen LogP contribution in [0.3, 0.4) is 0 Å². The predicted octanol–water partition coefficient (Wildman–Crippen LogP) is 4.07. The van der Waals surface area contributed by atoms with E-state index >= 15 is 0 Å². The van der Waals surface area contributed by atoms with Gasteiger partial charge in [-0.2, -0.15) is 0 Å². The zero-order chi connectivity index (χ0) is 17.8. The molecule has 0 spiro atoms.